The van der Waals surface area contributed by atoms with Crippen molar-refractivity contribution in [2.24, 2.45) is 5.92 Å². The van der Waals surface area contributed by atoms with Crippen LogP contribution in [-0.2, 0) is 11.2 Å². The van der Waals surface area contributed by atoms with Crippen LogP contribution in [0.2, 0.25) is 0 Å². The molecule has 110 valence electrons. The Morgan fingerprint density at radius 3 is 2.85 bits per heavy atom. The van der Waals surface area contributed by atoms with Crippen LogP contribution in [0.3, 0.4) is 0 Å². The summed E-state index contributed by atoms with van der Waals surface area (Å²) in [6, 6.07) is 6.31. The number of amides is 1. The number of carbonyl (C=O) groups excluding carboxylic acids is 1. The third-order valence-electron chi connectivity index (χ3n) is 4.20. The topological polar surface area (TPSA) is 40.5 Å². The lowest BCUT2D eigenvalue weighted by atomic mass is 9.93. The van der Waals surface area contributed by atoms with Gasteiger partial charge in [-0.15, -0.1) is 0 Å². The Balaban J connectivity index is 2.06. The zero-order valence-electron chi connectivity index (χ0n) is 12.1. The van der Waals surface area contributed by atoms with Gasteiger partial charge in [0.2, 0.25) is 5.91 Å². The number of hydrogen-bond acceptors (Lipinski definition) is 2. The van der Waals surface area contributed by atoms with Gasteiger partial charge in [0.05, 0.1) is 6.42 Å². The average Bonchev–Trinajstić information content (AvgIpc) is 2.42. The van der Waals surface area contributed by atoms with Crippen molar-refractivity contribution in [2.45, 2.75) is 39.2 Å². The standard InChI is InChI=1S/C16H22BrNO2/c1-11-7-15(17)6-5-14(11)8-16(20)18-9-13(10-19)4-3-12(18)2/h5-7,12-13,19H,3-4,8-10H2,1-2H3. The number of piperidine rings is 1. The zero-order valence-corrected chi connectivity index (χ0v) is 13.7. The normalized spacial score (nSPS) is 22.9. The van der Waals surface area contributed by atoms with Crippen molar-refractivity contribution in [1.82, 2.24) is 4.90 Å². The molecule has 1 fully saturated rings. The maximum atomic E-state index is 12.5. The van der Waals surface area contributed by atoms with E-state index in [0.29, 0.717) is 13.0 Å². The maximum absolute atomic E-state index is 12.5. The molecule has 2 rings (SSSR count). The first-order valence-corrected chi connectivity index (χ1v) is 7.96. The molecule has 0 aromatic heterocycles. The summed E-state index contributed by atoms with van der Waals surface area (Å²) in [4.78, 5) is 14.4. The van der Waals surface area contributed by atoms with E-state index in [1.165, 1.54) is 0 Å². The van der Waals surface area contributed by atoms with Gasteiger partial charge in [-0.25, -0.2) is 0 Å². The number of aliphatic hydroxyl groups excluding tert-OH is 1. The fourth-order valence-corrected chi connectivity index (χ4v) is 3.28. The first-order chi connectivity index (χ1) is 9.51. The number of nitrogens with zero attached hydrogens (tertiary/aromatic N) is 1. The molecule has 0 spiro atoms. The number of carbonyl (C=O) groups is 1. The van der Waals surface area contributed by atoms with Crippen molar-refractivity contribution in [3.8, 4) is 0 Å². The van der Waals surface area contributed by atoms with Crippen LogP contribution in [0, 0.1) is 12.8 Å². The minimum atomic E-state index is 0.168. The van der Waals surface area contributed by atoms with Crippen LogP contribution in [0.5, 0.6) is 0 Å². The molecule has 20 heavy (non-hydrogen) atoms. The van der Waals surface area contributed by atoms with Crippen molar-refractivity contribution in [3.05, 3.63) is 33.8 Å². The number of likely N-dealkylation sites (tertiary alicyclic amines) is 1. The maximum Gasteiger partial charge on any atom is 0.227 e. The highest BCUT2D eigenvalue weighted by molar-refractivity contribution is 9.10. The van der Waals surface area contributed by atoms with Crippen LogP contribution in [-0.4, -0.2) is 35.1 Å². The van der Waals surface area contributed by atoms with Crippen LogP contribution in [0.1, 0.15) is 30.9 Å². The number of aliphatic hydroxyl groups is 1. The van der Waals surface area contributed by atoms with Gasteiger partial charge in [0.15, 0.2) is 0 Å². The second kappa shape index (κ2) is 6.72. The van der Waals surface area contributed by atoms with Gasteiger partial charge >= 0.3 is 0 Å². The summed E-state index contributed by atoms with van der Waals surface area (Å²) in [5.41, 5.74) is 2.22. The van der Waals surface area contributed by atoms with Gasteiger partial charge in [-0.2, -0.15) is 0 Å². The number of rotatable bonds is 3. The van der Waals surface area contributed by atoms with Crippen LogP contribution >= 0.6 is 15.9 Å². The molecular weight excluding hydrogens is 318 g/mol. The molecule has 1 amide bonds. The van der Waals surface area contributed by atoms with Gasteiger partial charge in [0.25, 0.3) is 0 Å². The predicted octanol–water partition coefficient (Wildman–Crippen LogP) is 2.92. The largest absolute Gasteiger partial charge is 0.396 e. The molecule has 2 unspecified atom stereocenters. The predicted molar refractivity (Wildman–Crippen MR) is 83.6 cm³/mol. The minimum absolute atomic E-state index is 0.168. The fraction of sp³-hybridized carbons (Fsp3) is 0.562. The van der Waals surface area contributed by atoms with E-state index in [1.807, 2.05) is 30.0 Å². The van der Waals surface area contributed by atoms with Gasteiger partial charge < -0.3 is 10.0 Å². The molecule has 0 radical (unpaired) electrons. The van der Waals surface area contributed by atoms with E-state index in [-0.39, 0.29) is 24.5 Å². The van der Waals surface area contributed by atoms with E-state index in [9.17, 15) is 9.90 Å². The lowest BCUT2D eigenvalue weighted by Gasteiger charge is -2.37. The Labute approximate surface area is 129 Å². The summed E-state index contributed by atoms with van der Waals surface area (Å²) < 4.78 is 1.04. The molecule has 4 heteroatoms. The van der Waals surface area contributed by atoms with Crippen LogP contribution in [0.25, 0.3) is 0 Å². The van der Waals surface area contributed by atoms with E-state index >= 15 is 0 Å². The van der Waals surface area contributed by atoms with Crippen molar-refractivity contribution in [2.75, 3.05) is 13.2 Å². The molecule has 1 aromatic carbocycles. The quantitative estimate of drug-likeness (QED) is 0.919. The monoisotopic (exact) mass is 339 g/mol. The molecule has 1 heterocycles. The highest BCUT2D eigenvalue weighted by atomic mass is 79.9. The first-order valence-electron chi connectivity index (χ1n) is 7.16. The Morgan fingerprint density at radius 2 is 2.20 bits per heavy atom. The minimum Gasteiger partial charge on any atom is -0.396 e. The number of aryl methyl sites for hydroxylation is 1. The van der Waals surface area contributed by atoms with Gasteiger partial charge in [0.1, 0.15) is 0 Å². The van der Waals surface area contributed by atoms with E-state index in [0.717, 1.165) is 28.4 Å². The summed E-state index contributed by atoms with van der Waals surface area (Å²) >= 11 is 3.44. The highest BCUT2D eigenvalue weighted by Gasteiger charge is 2.28. The summed E-state index contributed by atoms with van der Waals surface area (Å²) in [5.74, 6) is 0.405. The smallest absolute Gasteiger partial charge is 0.227 e. The Morgan fingerprint density at radius 1 is 1.45 bits per heavy atom. The first kappa shape index (κ1) is 15.5. The molecule has 1 aliphatic rings. The highest BCUT2D eigenvalue weighted by Crippen LogP contribution is 2.23. The SMILES string of the molecule is Cc1cc(Br)ccc1CC(=O)N1CC(CO)CCC1C. The van der Waals surface area contributed by atoms with Crippen LogP contribution in [0.4, 0.5) is 0 Å². The number of halogens is 1. The van der Waals surface area contributed by atoms with Crippen molar-refractivity contribution < 1.29 is 9.90 Å². The Bertz CT molecular complexity index is 489. The molecule has 1 aliphatic heterocycles. The third kappa shape index (κ3) is 3.61. The van der Waals surface area contributed by atoms with Gasteiger partial charge in [0, 0.05) is 23.7 Å². The van der Waals surface area contributed by atoms with E-state index in [1.54, 1.807) is 0 Å². The van der Waals surface area contributed by atoms with Crippen LogP contribution in [0.15, 0.2) is 22.7 Å². The summed E-state index contributed by atoms with van der Waals surface area (Å²) in [5, 5.41) is 9.30. The van der Waals surface area contributed by atoms with Gasteiger partial charge in [-0.05, 0) is 55.9 Å². The second-order valence-corrected chi connectivity index (χ2v) is 6.68. The lowest BCUT2D eigenvalue weighted by Crippen LogP contribution is -2.47. The fourth-order valence-electron chi connectivity index (χ4n) is 2.80. The summed E-state index contributed by atoms with van der Waals surface area (Å²) in [6.45, 7) is 4.99. The Hall–Kier alpha value is -0.870. The molecular formula is C16H22BrNO2. The van der Waals surface area contributed by atoms with Crippen molar-refractivity contribution >= 4 is 21.8 Å². The number of benzene rings is 1. The second-order valence-electron chi connectivity index (χ2n) is 5.77. The molecule has 0 aliphatic carbocycles. The van der Waals surface area contributed by atoms with E-state index in [4.69, 9.17) is 0 Å². The third-order valence-corrected chi connectivity index (χ3v) is 4.70. The van der Waals surface area contributed by atoms with Crippen LogP contribution < -0.4 is 0 Å². The van der Waals surface area contributed by atoms with E-state index < -0.39 is 0 Å². The van der Waals surface area contributed by atoms with Gasteiger partial charge in [-0.1, -0.05) is 22.0 Å². The molecule has 0 saturated carbocycles. The van der Waals surface area contributed by atoms with Crippen molar-refractivity contribution in [1.29, 1.82) is 0 Å². The summed E-state index contributed by atoms with van der Waals surface area (Å²) in [6.07, 6.45) is 2.44. The average molecular weight is 340 g/mol. The lowest BCUT2D eigenvalue weighted by molar-refractivity contribution is -0.135. The molecule has 3 nitrogen and oxygen atoms in total. The molecule has 2 atom stereocenters. The van der Waals surface area contributed by atoms with E-state index in [2.05, 4.69) is 22.9 Å². The molecule has 1 saturated heterocycles. The molecule has 1 aromatic rings. The summed E-state index contributed by atoms with van der Waals surface area (Å²) in [7, 11) is 0. The zero-order chi connectivity index (χ0) is 14.7. The van der Waals surface area contributed by atoms with Crippen molar-refractivity contribution in [3.63, 3.8) is 0 Å². The van der Waals surface area contributed by atoms with Gasteiger partial charge in [-0.3, -0.25) is 4.79 Å². The molecule has 1 N–H and O–H groups in total. The Kier molecular flexibility index (Phi) is 5.22. The number of hydrogen-bond donors (Lipinski definition) is 1. The molecule has 0 bridgehead atoms.